The summed E-state index contributed by atoms with van der Waals surface area (Å²) in [5.74, 6) is 0.957. The molecule has 0 saturated heterocycles. The van der Waals surface area contributed by atoms with Gasteiger partial charge in [-0.2, -0.15) is 23.2 Å². The van der Waals surface area contributed by atoms with Crippen LogP contribution in [0.25, 0.3) is 0 Å². The lowest BCUT2D eigenvalue weighted by atomic mass is 10.0. The molecule has 1 unspecified atom stereocenters. The first kappa shape index (κ1) is 13.6. The Morgan fingerprint density at radius 1 is 1.12 bits per heavy atom. The van der Waals surface area contributed by atoms with E-state index >= 15 is 0 Å². The number of hydrogen-bond acceptors (Lipinski definition) is 4. The summed E-state index contributed by atoms with van der Waals surface area (Å²) in [7, 11) is 0. The van der Waals surface area contributed by atoms with Gasteiger partial charge in [-0.15, -0.1) is 0 Å². The molecule has 17 heavy (non-hydrogen) atoms. The molecule has 0 amide bonds. The van der Waals surface area contributed by atoms with E-state index in [4.69, 9.17) is 10.5 Å². The zero-order valence-electron chi connectivity index (χ0n) is 9.58. The molecule has 88 valence electrons. The molecule has 0 aliphatic carbocycles. The molecule has 1 aromatic carbocycles. The number of benzene rings is 1. The highest BCUT2D eigenvalue weighted by atomic mass is 32.1. The Morgan fingerprint density at radius 3 is 2.18 bits per heavy atom. The Balaban J connectivity index is 2.69. The molecule has 1 atom stereocenters. The van der Waals surface area contributed by atoms with Crippen molar-refractivity contribution in [2.45, 2.75) is 5.92 Å². The number of nitrogens with zero attached hydrogens (tertiary/aromatic N) is 3. The zero-order valence-corrected chi connectivity index (χ0v) is 10.5. The molecule has 0 aromatic heterocycles. The predicted octanol–water partition coefficient (Wildman–Crippen LogP) is 2.05. The average molecular weight is 245 g/mol. The van der Waals surface area contributed by atoms with Gasteiger partial charge in [0.05, 0.1) is 25.2 Å². The first-order chi connectivity index (χ1) is 8.31. The summed E-state index contributed by atoms with van der Waals surface area (Å²) < 4.78 is 0. The third kappa shape index (κ3) is 4.48. The van der Waals surface area contributed by atoms with Gasteiger partial charge in [-0.1, -0.05) is 30.3 Å². The largest absolute Gasteiger partial charge is 0.277 e. The van der Waals surface area contributed by atoms with Crippen molar-refractivity contribution in [2.75, 3.05) is 25.4 Å². The predicted molar refractivity (Wildman–Crippen MR) is 70.7 cm³/mol. The monoisotopic (exact) mass is 245 g/mol. The quantitative estimate of drug-likeness (QED) is 0.616. The van der Waals surface area contributed by atoms with E-state index in [2.05, 4.69) is 36.9 Å². The molecule has 3 nitrogen and oxygen atoms in total. The summed E-state index contributed by atoms with van der Waals surface area (Å²) in [5.41, 5.74) is 1.20. The van der Waals surface area contributed by atoms with Crippen LogP contribution in [0.2, 0.25) is 0 Å². The van der Waals surface area contributed by atoms with E-state index in [-0.39, 0.29) is 19.0 Å². The minimum atomic E-state index is 0.251. The van der Waals surface area contributed by atoms with Gasteiger partial charge in [0.1, 0.15) is 0 Å². The van der Waals surface area contributed by atoms with Gasteiger partial charge in [0.15, 0.2) is 0 Å². The van der Waals surface area contributed by atoms with E-state index in [1.165, 1.54) is 5.56 Å². The molecule has 0 aliphatic rings. The van der Waals surface area contributed by atoms with Gasteiger partial charge in [0.2, 0.25) is 0 Å². The first-order valence-corrected chi connectivity index (χ1v) is 6.07. The van der Waals surface area contributed by atoms with Crippen LogP contribution in [-0.4, -0.2) is 30.3 Å². The van der Waals surface area contributed by atoms with E-state index < -0.39 is 0 Å². The number of rotatable bonds is 6. The number of thiol groups is 1. The van der Waals surface area contributed by atoms with Gasteiger partial charge in [-0.3, -0.25) is 4.90 Å². The summed E-state index contributed by atoms with van der Waals surface area (Å²) in [6.45, 7) is 1.25. The number of nitriles is 2. The molecular formula is C13H15N3S. The molecule has 0 N–H and O–H groups in total. The molecule has 0 radical (unpaired) electrons. The Bertz CT molecular complexity index is 389. The van der Waals surface area contributed by atoms with E-state index in [0.29, 0.717) is 12.3 Å². The van der Waals surface area contributed by atoms with Crippen LogP contribution < -0.4 is 0 Å². The van der Waals surface area contributed by atoms with Crippen molar-refractivity contribution in [2.24, 2.45) is 0 Å². The van der Waals surface area contributed by atoms with Crippen molar-refractivity contribution >= 4 is 12.6 Å². The van der Waals surface area contributed by atoms with Crippen molar-refractivity contribution in [3.05, 3.63) is 35.9 Å². The third-order valence-corrected chi connectivity index (χ3v) is 3.00. The van der Waals surface area contributed by atoms with Gasteiger partial charge in [-0.25, -0.2) is 0 Å². The summed E-state index contributed by atoms with van der Waals surface area (Å²) in [6, 6.07) is 14.2. The van der Waals surface area contributed by atoms with Gasteiger partial charge >= 0.3 is 0 Å². The van der Waals surface area contributed by atoms with Crippen LogP contribution in [0.1, 0.15) is 11.5 Å². The second kappa shape index (κ2) is 7.73. The fourth-order valence-electron chi connectivity index (χ4n) is 1.69. The highest BCUT2D eigenvalue weighted by molar-refractivity contribution is 7.80. The summed E-state index contributed by atoms with van der Waals surface area (Å²) >= 11 is 4.35. The highest BCUT2D eigenvalue weighted by Crippen LogP contribution is 2.18. The van der Waals surface area contributed by atoms with Crippen LogP contribution in [0.15, 0.2) is 30.3 Å². The van der Waals surface area contributed by atoms with Gasteiger partial charge in [0, 0.05) is 12.5 Å². The second-order valence-corrected chi connectivity index (χ2v) is 4.14. The molecule has 0 aliphatic heterocycles. The van der Waals surface area contributed by atoms with Crippen LogP contribution in [0.4, 0.5) is 0 Å². The van der Waals surface area contributed by atoms with Gasteiger partial charge < -0.3 is 0 Å². The molecule has 0 fully saturated rings. The van der Waals surface area contributed by atoms with Gasteiger partial charge in [-0.05, 0) is 11.3 Å². The zero-order chi connectivity index (χ0) is 12.5. The van der Waals surface area contributed by atoms with Crippen LogP contribution in [0.5, 0.6) is 0 Å². The van der Waals surface area contributed by atoms with Crippen LogP contribution in [0, 0.1) is 22.7 Å². The number of hydrogen-bond donors (Lipinski definition) is 1. The molecule has 1 rings (SSSR count). The standard InChI is InChI=1S/C13H15N3S/c14-6-8-16(9-7-15)10-13(11-17)12-4-2-1-3-5-12/h1-5,13,17H,8-11H2. The lowest BCUT2D eigenvalue weighted by Crippen LogP contribution is -2.30. The molecule has 0 heterocycles. The molecule has 4 heteroatoms. The lowest BCUT2D eigenvalue weighted by molar-refractivity contribution is 0.325. The minimum absolute atomic E-state index is 0.251. The molecule has 0 bridgehead atoms. The third-order valence-electron chi connectivity index (χ3n) is 2.56. The molecule has 0 spiro atoms. The van der Waals surface area contributed by atoms with Crippen LogP contribution in [-0.2, 0) is 0 Å². The second-order valence-electron chi connectivity index (χ2n) is 3.78. The topological polar surface area (TPSA) is 50.8 Å². The Kier molecular flexibility index (Phi) is 6.17. The maximum Gasteiger partial charge on any atom is 0.0874 e. The average Bonchev–Trinajstić information content (AvgIpc) is 2.37. The first-order valence-electron chi connectivity index (χ1n) is 5.44. The summed E-state index contributed by atoms with van der Waals surface area (Å²) in [5, 5.41) is 17.4. The Morgan fingerprint density at radius 2 is 1.71 bits per heavy atom. The lowest BCUT2D eigenvalue weighted by Gasteiger charge is -2.22. The molecule has 1 aromatic rings. The van der Waals surface area contributed by atoms with Crippen molar-refractivity contribution in [1.82, 2.24) is 4.90 Å². The Hall–Kier alpha value is -1.49. The fourth-order valence-corrected chi connectivity index (χ4v) is 2.02. The fraction of sp³-hybridized carbons (Fsp3) is 0.385. The van der Waals surface area contributed by atoms with E-state index in [1.807, 2.05) is 23.1 Å². The smallest absolute Gasteiger partial charge is 0.0874 e. The minimum Gasteiger partial charge on any atom is -0.277 e. The van der Waals surface area contributed by atoms with Gasteiger partial charge in [0.25, 0.3) is 0 Å². The molecule has 0 saturated carbocycles. The van der Waals surface area contributed by atoms with E-state index in [0.717, 1.165) is 0 Å². The van der Waals surface area contributed by atoms with Crippen molar-refractivity contribution in [3.63, 3.8) is 0 Å². The van der Waals surface area contributed by atoms with Crippen LogP contribution in [0.3, 0.4) is 0 Å². The highest BCUT2D eigenvalue weighted by Gasteiger charge is 2.14. The summed E-state index contributed by atoms with van der Waals surface area (Å²) in [6.07, 6.45) is 0. The van der Waals surface area contributed by atoms with Crippen LogP contribution >= 0.6 is 12.6 Å². The maximum atomic E-state index is 8.70. The summed E-state index contributed by atoms with van der Waals surface area (Å²) in [4.78, 5) is 1.84. The molecular weight excluding hydrogens is 230 g/mol. The Labute approximate surface area is 108 Å². The maximum absolute atomic E-state index is 8.70. The SMILES string of the molecule is N#CCN(CC#N)CC(CS)c1ccccc1. The normalized spacial score (nSPS) is 11.8. The van der Waals surface area contributed by atoms with Crippen molar-refractivity contribution < 1.29 is 0 Å². The van der Waals surface area contributed by atoms with E-state index in [1.54, 1.807) is 0 Å². The van der Waals surface area contributed by atoms with Crippen molar-refractivity contribution in [1.29, 1.82) is 10.5 Å². The van der Waals surface area contributed by atoms with E-state index in [9.17, 15) is 0 Å². The van der Waals surface area contributed by atoms with Crippen molar-refractivity contribution in [3.8, 4) is 12.1 Å².